The SMILES string of the molecule is COc1ccc(-c2cc(-c3ccc(Cl)cc3)nc3cc(C(=O)O)nn23)cc1. The molecule has 134 valence electrons. The van der Waals surface area contributed by atoms with Crippen LogP contribution in [0.4, 0.5) is 0 Å². The minimum atomic E-state index is -1.10. The standard InChI is InChI=1S/C20H14ClN3O3/c1-27-15-8-4-13(5-9-15)18-10-16(12-2-6-14(21)7-3-12)22-19-11-17(20(25)26)23-24(18)19/h2-11H,1H3,(H,25,26). The van der Waals surface area contributed by atoms with Crippen LogP contribution < -0.4 is 4.74 Å². The number of hydrogen-bond donors (Lipinski definition) is 1. The lowest BCUT2D eigenvalue weighted by Crippen LogP contribution is -2.01. The third-order valence-corrected chi connectivity index (χ3v) is 4.42. The van der Waals surface area contributed by atoms with Gasteiger partial charge >= 0.3 is 5.97 Å². The summed E-state index contributed by atoms with van der Waals surface area (Å²) in [5.74, 6) is -0.372. The zero-order chi connectivity index (χ0) is 19.0. The molecule has 2 aromatic carbocycles. The summed E-state index contributed by atoms with van der Waals surface area (Å²) in [6.07, 6.45) is 0. The van der Waals surface area contributed by atoms with Crippen LogP contribution in [-0.4, -0.2) is 32.8 Å². The highest BCUT2D eigenvalue weighted by atomic mass is 35.5. The monoisotopic (exact) mass is 379 g/mol. The van der Waals surface area contributed by atoms with Crippen molar-refractivity contribution in [1.29, 1.82) is 0 Å². The molecular weight excluding hydrogens is 366 g/mol. The molecule has 1 N–H and O–H groups in total. The van der Waals surface area contributed by atoms with E-state index in [1.54, 1.807) is 19.2 Å². The summed E-state index contributed by atoms with van der Waals surface area (Å²) in [6, 6.07) is 18.1. The number of methoxy groups -OCH3 is 1. The van der Waals surface area contributed by atoms with Gasteiger partial charge in [0, 0.05) is 22.2 Å². The summed E-state index contributed by atoms with van der Waals surface area (Å²) in [5, 5.41) is 14.1. The van der Waals surface area contributed by atoms with Gasteiger partial charge in [0.1, 0.15) is 5.75 Å². The summed E-state index contributed by atoms with van der Waals surface area (Å²) < 4.78 is 6.74. The van der Waals surface area contributed by atoms with E-state index < -0.39 is 5.97 Å². The molecule has 0 bridgehead atoms. The Labute approximate surface area is 159 Å². The highest BCUT2D eigenvalue weighted by molar-refractivity contribution is 6.30. The largest absolute Gasteiger partial charge is 0.497 e. The highest BCUT2D eigenvalue weighted by Gasteiger charge is 2.15. The van der Waals surface area contributed by atoms with Crippen LogP contribution in [0.25, 0.3) is 28.2 Å². The number of hydrogen-bond acceptors (Lipinski definition) is 4. The molecule has 0 amide bonds. The number of fused-ring (bicyclic) bond motifs is 1. The zero-order valence-electron chi connectivity index (χ0n) is 14.3. The molecule has 4 aromatic rings. The number of halogens is 1. The van der Waals surface area contributed by atoms with E-state index in [-0.39, 0.29) is 5.69 Å². The van der Waals surface area contributed by atoms with Crippen LogP contribution >= 0.6 is 11.6 Å². The molecule has 6 nitrogen and oxygen atoms in total. The lowest BCUT2D eigenvalue weighted by molar-refractivity contribution is 0.0690. The first-order valence-electron chi connectivity index (χ1n) is 8.09. The molecule has 2 aromatic heterocycles. The molecule has 27 heavy (non-hydrogen) atoms. The third-order valence-electron chi connectivity index (χ3n) is 4.17. The summed E-state index contributed by atoms with van der Waals surface area (Å²) in [5.41, 5.74) is 3.53. The van der Waals surface area contributed by atoms with Crippen molar-refractivity contribution in [3.8, 4) is 28.3 Å². The minimum Gasteiger partial charge on any atom is -0.497 e. The van der Waals surface area contributed by atoms with Crippen LogP contribution in [0.5, 0.6) is 5.75 Å². The van der Waals surface area contributed by atoms with E-state index in [2.05, 4.69) is 10.1 Å². The molecule has 7 heteroatoms. The lowest BCUT2D eigenvalue weighted by atomic mass is 10.1. The van der Waals surface area contributed by atoms with Crippen molar-refractivity contribution in [3.05, 3.63) is 71.4 Å². The van der Waals surface area contributed by atoms with Crippen LogP contribution in [0.1, 0.15) is 10.5 Å². The average Bonchev–Trinajstić information content (AvgIpc) is 3.12. The van der Waals surface area contributed by atoms with Crippen LogP contribution in [0.15, 0.2) is 60.7 Å². The first-order chi connectivity index (χ1) is 13.0. The molecule has 0 radical (unpaired) electrons. The second-order valence-corrected chi connectivity index (χ2v) is 6.30. The number of aromatic carboxylic acids is 1. The van der Waals surface area contributed by atoms with Crippen LogP contribution in [0.3, 0.4) is 0 Å². The van der Waals surface area contributed by atoms with Gasteiger partial charge in [0.2, 0.25) is 0 Å². The molecule has 0 aliphatic rings. The second kappa shape index (κ2) is 6.74. The Balaban J connectivity index is 1.95. The van der Waals surface area contributed by atoms with Gasteiger partial charge < -0.3 is 9.84 Å². The normalized spacial score (nSPS) is 10.9. The van der Waals surface area contributed by atoms with Gasteiger partial charge in [-0.15, -0.1) is 0 Å². The Hall–Kier alpha value is -3.38. The van der Waals surface area contributed by atoms with E-state index in [4.69, 9.17) is 16.3 Å². The Morgan fingerprint density at radius 2 is 1.70 bits per heavy atom. The van der Waals surface area contributed by atoms with Gasteiger partial charge in [-0.1, -0.05) is 23.7 Å². The zero-order valence-corrected chi connectivity index (χ0v) is 15.0. The number of carboxylic acids is 1. The van der Waals surface area contributed by atoms with E-state index in [9.17, 15) is 9.90 Å². The van der Waals surface area contributed by atoms with Crippen LogP contribution in [0.2, 0.25) is 5.02 Å². The highest BCUT2D eigenvalue weighted by Crippen LogP contribution is 2.28. The van der Waals surface area contributed by atoms with Gasteiger partial charge in [-0.3, -0.25) is 0 Å². The molecule has 0 saturated carbocycles. The Morgan fingerprint density at radius 3 is 2.33 bits per heavy atom. The van der Waals surface area contributed by atoms with Crippen LogP contribution in [0, 0.1) is 0 Å². The molecular formula is C20H14ClN3O3. The average molecular weight is 380 g/mol. The number of carbonyl (C=O) groups is 1. The molecule has 0 fully saturated rings. The van der Waals surface area contributed by atoms with Crippen molar-refractivity contribution in [2.75, 3.05) is 7.11 Å². The van der Waals surface area contributed by atoms with Crippen molar-refractivity contribution in [3.63, 3.8) is 0 Å². The van der Waals surface area contributed by atoms with Crippen molar-refractivity contribution in [2.24, 2.45) is 0 Å². The molecule has 0 unspecified atom stereocenters. The number of rotatable bonds is 4. The maximum absolute atomic E-state index is 11.4. The van der Waals surface area contributed by atoms with Gasteiger partial charge in [0.05, 0.1) is 18.5 Å². The van der Waals surface area contributed by atoms with E-state index >= 15 is 0 Å². The molecule has 2 heterocycles. The number of nitrogens with zero attached hydrogens (tertiary/aromatic N) is 3. The third kappa shape index (κ3) is 3.22. The maximum atomic E-state index is 11.4. The maximum Gasteiger partial charge on any atom is 0.356 e. The van der Waals surface area contributed by atoms with Crippen molar-refractivity contribution >= 4 is 23.2 Å². The fourth-order valence-electron chi connectivity index (χ4n) is 2.81. The molecule has 0 spiro atoms. The van der Waals surface area contributed by atoms with E-state index in [1.807, 2.05) is 42.5 Å². The predicted octanol–water partition coefficient (Wildman–Crippen LogP) is 4.42. The first-order valence-corrected chi connectivity index (χ1v) is 8.47. The van der Waals surface area contributed by atoms with E-state index in [1.165, 1.54) is 10.6 Å². The summed E-state index contributed by atoms with van der Waals surface area (Å²) in [7, 11) is 1.60. The van der Waals surface area contributed by atoms with Crippen LogP contribution in [-0.2, 0) is 0 Å². The minimum absolute atomic E-state index is 0.0643. The van der Waals surface area contributed by atoms with Gasteiger partial charge in [-0.05, 0) is 42.5 Å². The van der Waals surface area contributed by atoms with Crippen molar-refractivity contribution in [1.82, 2.24) is 14.6 Å². The molecule has 0 saturated heterocycles. The summed E-state index contributed by atoms with van der Waals surface area (Å²) in [4.78, 5) is 15.9. The quantitative estimate of drug-likeness (QED) is 0.567. The second-order valence-electron chi connectivity index (χ2n) is 5.87. The number of aromatic nitrogens is 3. The van der Waals surface area contributed by atoms with Gasteiger partial charge in [0.15, 0.2) is 11.3 Å². The molecule has 0 aliphatic heterocycles. The predicted molar refractivity (Wildman–Crippen MR) is 102 cm³/mol. The topological polar surface area (TPSA) is 76.7 Å². The van der Waals surface area contributed by atoms with Gasteiger partial charge in [0.25, 0.3) is 0 Å². The molecule has 0 atom stereocenters. The molecule has 4 rings (SSSR count). The number of benzene rings is 2. The Morgan fingerprint density at radius 1 is 1.04 bits per heavy atom. The fraction of sp³-hybridized carbons (Fsp3) is 0.0500. The Bertz CT molecular complexity index is 1140. The van der Waals surface area contributed by atoms with Gasteiger partial charge in [-0.2, -0.15) is 5.10 Å². The van der Waals surface area contributed by atoms with Gasteiger partial charge in [-0.25, -0.2) is 14.3 Å². The fourth-order valence-corrected chi connectivity index (χ4v) is 2.94. The Kier molecular flexibility index (Phi) is 4.25. The van der Waals surface area contributed by atoms with E-state index in [0.29, 0.717) is 16.4 Å². The summed E-state index contributed by atoms with van der Waals surface area (Å²) in [6.45, 7) is 0. The van der Waals surface area contributed by atoms with E-state index in [0.717, 1.165) is 22.6 Å². The van der Waals surface area contributed by atoms with Crippen molar-refractivity contribution < 1.29 is 14.6 Å². The smallest absolute Gasteiger partial charge is 0.356 e. The van der Waals surface area contributed by atoms with Crippen molar-refractivity contribution in [2.45, 2.75) is 0 Å². The summed E-state index contributed by atoms with van der Waals surface area (Å²) >= 11 is 5.98. The molecule has 0 aliphatic carbocycles. The number of ether oxygens (including phenoxy) is 1. The number of carboxylic acid groups (broad SMARTS) is 1. The first kappa shape index (κ1) is 17.1. The lowest BCUT2D eigenvalue weighted by Gasteiger charge is -2.09.